The van der Waals surface area contributed by atoms with Crippen LogP contribution in [0.25, 0.3) is 5.57 Å². The van der Waals surface area contributed by atoms with Crippen LogP contribution in [0.5, 0.6) is 0 Å². The second-order valence-electron chi connectivity index (χ2n) is 13.7. The van der Waals surface area contributed by atoms with Crippen LogP contribution in [0.15, 0.2) is 48.0 Å². The second kappa shape index (κ2) is 10.3. The Labute approximate surface area is 246 Å². The van der Waals surface area contributed by atoms with E-state index in [9.17, 15) is 18.8 Å². The fourth-order valence-electron chi connectivity index (χ4n) is 8.00. The van der Waals surface area contributed by atoms with Crippen molar-refractivity contribution in [2.24, 2.45) is 5.41 Å². The Hall–Kier alpha value is -3.52. The molecule has 0 spiro atoms. The van der Waals surface area contributed by atoms with Crippen molar-refractivity contribution in [2.45, 2.75) is 83.5 Å². The van der Waals surface area contributed by atoms with Crippen LogP contribution < -0.4 is 10.2 Å². The second-order valence-corrected chi connectivity index (χ2v) is 13.7. The lowest BCUT2D eigenvalue weighted by Crippen LogP contribution is -2.54. The van der Waals surface area contributed by atoms with E-state index >= 15 is 0 Å². The maximum absolute atomic E-state index is 13.7. The Balaban J connectivity index is 1.07. The summed E-state index contributed by atoms with van der Waals surface area (Å²) in [5.74, 6) is -0.961. The molecule has 2 bridgehead atoms. The topological polar surface area (TPSA) is 73.0 Å². The molecule has 220 valence electrons. The number of anilines is 1. The molecule has 2 aromatic carbocycles. The first kappa shape index (κ1) is 27.3. The van der Waals surface area contributed by atoms with Crippen molar-refractivity contribution < 1.29 is 18.8 Å². The van der Waals surface area contributed by atoms with E-state index < -0.39 is 6.04 Å². The Kier molecular flexibility index (Phi) is 6.72. The largest absolute Gasteiger partial charge is 0.363 e. The molecule has 1 N–H and O–H groups in total. The molecule has 7 nitrogen and oxygen atoms in total. The van der Waals surface area contributed by atoms with Crippen molar-refractivity contribution in [3.63, 3.8) is 0 Å². The first-order valence-corrected chi connectivity index (χ1v) is 15.4. The Morgan fingerprint density at radius 3 is 2.40 bits per heavy atom. The summed E-state index contributed by atoms with van der Waals surface area (Å²) in [7, 11) is 0. The molecule has 42 heavy (non-hydrogen) atoms. The molecule has 3 unspecified atom stereocenters. The number of amides is 3. The van der Waals surface area contributed by atoms with Gasteiger partial charge in [0.2, 0.25) is 11.8 Å². The first-order chi connectivity index (χ1) is 20.1. The van der Waals surface area contributed by atoms with E-state index in [-0.39, 0.29) is 35.4 Å². The number of piperazine rings is 1. The van der Waals surface area contributed by atoms with Crippen LogP contribution in [-0.4, -0.2) is 65.3 Å². The number of nitrogens with zero attached hydrogens (tertiary/aromatic N) is 3. The van der Waals surface area contributed by atoms with Crippen LogP contribution in [-0.2, 0) is 16.1 Å². The zero-order chi connectivity index (χ0) is 29.2. The summed E-state index contributed by atoms with van der Waals surface area (Å²) in [6, 6.07) is 13.4. The van der Waals surface area contributed by atoms with Crippen LogP contribution >= 0.6 is 0 Å². The number of piperidine rings is 1. The third-order valence-corrected chi connectivity index (χ3v) is 10.2. The number of carbonyl (C=O) groups is 3. The van der Waals surface area contributed by atoms with Crippen LogP contribution in [0.4, 0.5) is 10.1 Å². The van der Waals surface area contributed by atoms with E-state index in [0.717, 1.165) is 62.1 Å². The number of allylic oxidation sites excluding steroid dienone is 1. The average molecular weight is 571 g/mol. The summed E-state index contributed by atoms with van der Waals surface area (Å²) in [6.07, 6.45) is 6.20. The Morgan fingerprint density at radius 1 is 0.952 bits per heavy atom. The molecule has 7 rings (SSSR count). The molecule has 3 saturated heterocycles. The minimum absolute atomic E-state index is 0.125. The minimum atomic E-state index is -0.592. The van der Waals surface area contributed by atoms with Crippen molar-refractivity contribution in [1.29, 1.82) is 0 Å². The van der Waals surface area contributed by atoms with Crippen LogP contribution in [0.2, 0.25) is 0 Å². The average Bonchev–Trinajstić information content (AvgIpc) is 3.42. The highest BCUT2D eigenvalue weighted by molar-refractivity contribution is 6.05. The number of hydrogen-bond donors (Lipinski definition) is 1. The quantitative estimate of drug-likeness (QED) is 0.518. The van der Waals surface area contributed by atoms with E-state index in [4.69, 9.17) is 0 Å². The summed E-state index contributed by atoms with van der Waals surface area (Å²) in [6.45, 7) is 8.03. The third-order valence-electron chi connectivity index (χ3n) is 10.2. The Bertz CT molecular complexity index is 1470. The van der Waals surface area contributed by atoms with Gasteiger partial charge < -0.3 is 9.80 Å². The monoisotopic (exact) mass is 570 g/mol. The number of carbonyl (C=O) groups excluding carboxylic acids is 3. The number of likely N-dealkylation sites (tertiary alicyclic amines) is 1. The standard InChI is InChI=1S/C34H39FN4O3/c1-34(2)14-13-22(29(16-34)21-3-5-24(35)6-4-21)17-37-19-26-7-8-27(20-37)39(26)25-9-10-28-23(15-25)18-38(33(28)42)30-11-12-31(40)36-32(30)41/h3-6,9-10,15,26-27,30H,7-8,11-14,16-20H2,1-2H3,(H,36,40,41). The van der Waals surface area contributed by atoms with Gasteiger partial charge in [-0.15, -0.1) is 0 Å². The van der Waals surface area contributed by atoms with E-state index in [0.29, 0.717) is 30.6 Å². The molecule has 4 heterocycles. The van der Waals surface area contributed by atoms with Gasteiger partial charge in [0, 0.05) is 55.9 Å². The summed E-state index contributed by atoms with van der Waals surface area (Å²) in [4.78, 5) is 44.1. The van der Waals surface area contributed by atoms with Crippen LogP contribution in [0, 0.1) is 11.2 Å². The van der Waals surface area contributed by atoms with E-state index in [1.54, 1.807) is 17.0 Å². The maximum Gasteiger partial charge on any atom is 0.255 e. The number of fused-ring (bicyclic) bond motifs is 3. The Morgan fingerprint density at radius 2 is 1.69 bits per heavy atom. The van der Waals surface area contributed by atoms with Crippen molar-refractivity contribution in [1.82, 2.24) is 15.1 Å². The van der Waals surface area contributed by atoms with Gasteiger partial charge in [-0.25, -0.2) is 4.39 Å². The summed E-state index contributed by atoms with van der Waals surface area (Å²) in [5.41, 5.74) is 7.07. The number of halogens is 1. The van der Waals surface area contributed by atoms with Gasteiger partial charge in [0.15, 0.2) is 0 Å². The minimum Gasteiger partial charge on any atom is -0.363 e. The van der Waals surface area contributed by atoms with Gasteiger partial charge in [-0.05, 0) is 91.0 Å². The summed E-state index contributed by atoms with van der Waals surface area (Å²) < 4.78 is 13.7. The lowest BCUT2D eigenvalue weighted by molar-refractivity contribution is -0.136. The SMILES string of the molecule is CC1(C)CCC(CN2CC3CCC(C2)N3c2ccc3c(c2)CN(C2CCC(=O)NC2=O)C3=O)=C(c2ccc(F)cc2)C1. The molecule has 3 amide bonds. The van der Waals surface area contributed by atoms with Gasteiger partial charge in [-0.3, -0.25) is 24.6 Å². The molecule has 3 atom stereocenters. The summed E-state index contributed by atoms with van der Waals surface area (Å²) in [5, 5.41) is 2.38. The molecular weight excluding hydrogens is 531 g/mol. The predicted octanol–water partition coefficient (Wildman–Crippen LogP) is 4.90. The van der Waals surface area contributed by atoms with Gasteiger partial charge in [0.1, 0.15) is 11.9 Å². The van der Waals surface area contributed by atoms with Crippen molar-refractivity contribution in [3.05, 3.63) is 70.5 Å². The van der Waals surface area contributed by atoms with E-state index in [1.165, 1.54) is 17.6 Å². The fourth-order valence-corrected chi connectivity index (χ4v) is 8.00. The van der Waals surface area contributed by atoms with Crippen molar-refractivity contribution in [2.75, 3.05) is 24.5 Å². The maximum atomic E-state index is 13.7. The smallest absolute Gasteiger partial charge is 0.255 e. The van der Waals surface area contributed by atoms with Gasteiger partial charge in [-0.2, -0.15) is 0 Å². The highest BCUT2D eigenvalue weighted by Gasteiger charge is 2.43. The molecule has 4 aliphatic heterocycles. The van der Waals surface area contributed by atoms with Gasteiger partial charge >= 0.3 is 0 Å². The van der Waals surface area contributed by atoms with E-state index in [1.807, 2.05) is 18.2 Å². The van der Waals surface area contributed by atoms with Gasteiger partial charge in [0.05, 0.1) is 0 Å². The lowest BCUT2D eigenvalue weighted by Gasteiger charge is -2.44. The number of nitrogens with one attached hydrogen (secondary N) is 1. The molecular formula is C34H39FN4O3. The fraction of sp³-hybridized carbons (Fsp3) is 0.500. The molecule has 5 aliphatic rings. The third kappa shape index (κ3) is 4.93. The highest BCUT2D eigenvalue weighted by Crippen LogP contribution is 2.44. The number of imide groups is 1. The molecule has 8 heteroatoms. The van der Waals surface area contributed by atoms with E-state index in [2.05, 4.69) is 41.1 Å². The molecule has 2 aromatic rings. The molecule has 3 fully saturated rings. The molecule has 0 saturated carbocycles. The molecule has 0 radical (unpaired) electrons. The predicted molar refractivity (Wildman–Crippen MR) is 159 cm³/mol. The van der Waals surface area contributed by atoms with Crippen LogP contribution in [0.3, 0.4) is 0 Å². The zero-order valence-corrected chi connectivity index (χ0v) is 24.5. The number of benzene rings is 2. The lowest BCUT2D eigenvalue weighted by atomic mass is 9.72. The number of hydrogen-bond acceptors (Lipinski definition) is 5. The summed E-state index contributed by atoms with van der Waals surface area (Å²) >= 11 is 0. The van der Waals surface area contributed by atoms with Gasteiger partial charge in [0.25, 0.3) is 5.91 Å². The molecule has 0 aromatic heterocycles. The van der Waals surface area contributed by atoms with Gasteiger partial charge in [-0.1, -0.05) is 31.6 Å². The molecule has 1 aliphatic carbocycles. The highest BCUT2D eigenvalue weighted by atomic mass is 19.1. The number of rotatable bonds is 5. The van der Waals surface area contributed by atoms with Crippen LogP contribution in [0.1, 0.15) is 80.3 Å². The van der Waals surface area contributed by atoms with Crippen molar-refractivity contribution in [3.8, 4) is 0 Å². The first-order valence-electron chi connectivity index (χ1n) is 15.4. The normalized spacial score (nSPS) is 27.5. The zero-order valence-electron chi connectivity index (χ0n) is 24.5. The van der Waals surface area contributed by atoms with Crippen molar-refractivity contribution >= 4 is 29.0 Å².